The van der Waals surface area contributed by atoms with E-state index in [9.17, 15) is 8.42 Å². The van der Waals surface area contributed by atoms with Crippen LogP contribution in [0, 0.1) is 0 Å². The molecule has 2 aromatic carbocycles. The fourth-order valence-corrected chi connectivity index (χ4v) is 2.12. The SMILES string of the molecule is NCCNc1cccc2c(O[SH](=O)=O)cccc12.[NaH]. The van der Waals surface area contributed by atoms with Crippen molar-refractivity contribution in [2.75, 3.05) is 18.4 Å². The number of nitrogens with two attached hydrogens (primary N) is 1. The molecule has 7 heteroatoms. The van der Waals surface area contributed by atoms with E-state index in [-0.39, 0.29) is 29.6 Å². The quantitative estimate of drug-likeness (QED) is 0.551. The van der Waals surface area contributed by atoms with E-state index in [2.05, 4.69) is 5.32 Å². The first-order valence-electron chi connectivity index (χ1n) is 5.50. The van der Waals surface area contributed by atoms with Crippen LogP contribution in [-0.2, 0) is 11.0 Å². The first-order chi connectivity index (χ1) is 8.72. The molecule has 2 rings (SSSR count). The average molecular weight is 290 g/mol. The van der Waals surface area contributed by atoms with E-state index >= 15 is 0 Å². The van der Waals surface area contributed by atoms with E-state index in [1.165, 1.54) is 0 Å². The molecule has 0 saturated carbocycles. The Balaban J connectivity index is 0.00000180. The number of hydrogen-bond donors (Lipinski definition) is 3. The number of fused-ring (bicyclic) bond motifs is 1. The van der Waals surface area contributed by atoms with Crippen molar-refractivity contribution in [3.05, 3.63) is 36.4 Å². The average Bonchev–Trinajstić information content (AvgIpc) is 2.36. The molecule has 0 saturated heterocycles. The van der Waals surface area contributed by atoms with Gasteiger partial charge in [-0.3, -0.25) is 0 Å². The number of hydrogen-bond acceptors (Lipinski definition) is 5. The summed E-state index contributed by atoms with van der Waals surface area (Å²) in [5, 5.41) is 4.84. The van der Waals surface area contributed by atoms with Crippen molar-refractivity contribution in [2.45, 2.75) is 0 Å². The van der Waals surface area contributed by atoms with Gasteiger partial charge in [-0.1, -0.05) is 24.3 Å². The topological polar surface area (TPSA) is 81.4 Å². The third-order valence-corrected chi connectivity index (χ3v) is 2.86. The summed E-state index contributed by atoms with van der Waals surface area (Å²) >= 11 is 0. The summed E-state index contributed by atoms with van der Waals surface area (Å²) in [6.07, 6.45) is 0. The van der Waals surface area contributed by atoms with Gasteiger partial charge in [0.05, 0.1) is 0 Å². The van der Waals surface area contributed by atoms with Gasteiger partial charge in [0.1, 0.15) is 5.75 Å². The van der Waals surface area contributed by atoms with E-state index in [1.807, 2.05) is 24.3 Å². The molecule has 0 spiro atoms. The molecule has 0 aliphatic rings. The summed E-state index contributed by atoms with van der Waals surface area (Å²) < 4.78 is 26.1. The van der Waals surface area contributed by atoms with Crippen molar-refractivity contribution >= 4 is 57.0 Å². The van der Waals surface area contributed by atoms with Crippen molar-refractivity contribution in [3.63, 3.8) is 0 Å². The molecule has 0 aliphatic carbocycles. The Bertz CT molecular complexity index is 623. The van der Waals surface area contributed by atoms with Crippen LogP contribution in [0.3, 0.4) is 0 Å². The second-order valence-electron chi connectivity index (χ2n) is 3.69. The fraction of sp³-hybridized carbons (Fsp3) is 0.167. The Labute approximate surface area is 135 Å². The predicted octanol–water partition coefficient (Wildman–Crippen LogP) is 0.467. The van der Waals surface area contributed by atoms with E-state index < -0.39 is 11.0 Å². The van der Waals surface area contributed by atoms with Crippen LogP contribution in [-0.4, -0.2) is 51.1 Å². The van der Waals surface area contributed by atoms with Crippen LogP contribution in [0.2, 0.25) is 0 Å². The first-order valence-corrected chi connectivity index (χ1v) is 6.60. The Morgan fingerprint density at radius 1 is 1.11 bits per heavy atom. The van der Waals surface area contributed by atoms with Crippen LogP contribution in [0.5, 0.6) is 5.75 Å². The number of rotatable bonds is 5. The van der Waals surface area contributed by atoms with Gasteiger partial charge in [-0.25, -0.2) is 0 Å². The van der Waals surface area contributed by atoms with Crippen molar-refractivity contribution in [3.8, 4) is 5.75 Å². The first kappa shape index (κ1) is 16.3. The van der Waals surface area contributed by atoms with Crippen molar-refractivity contribution < 1.29 is 12.6 Å². The molecule has 0 fully saturated rings. The van der Waals surface area contributed by atoms with E-state index in [0.717, 1.165) is 16.5 Å². The Kier molecular flexibility index (Phi) is 6.60. The van der Waals surface area contributed by atoms with Gasteiger partial charge in [-0.05, 0) is 12.1 Å². The molecule has 19 heavy (non-hydrogen) atoms. The molecule has 0 radical (unpaired) electrons. The standard InChI is InChI=1S/C12H14N2O3S.Na.H/c13-7-8-14-11-5-1-4-10-9(11)3-2-6-12(10)17-18(15)16;;/h1-6,14,18H,7-8,13H2;;. The van der Waals surface area contributed by atoms with Crippen LogP contribution >= 0.6 is 0 Å². The molecule has 0 heterocycles. The molecular formula is C12H15N2NaO3S. The summed E-state index contributed by atoms with van der Waals surface area (Å²) in [5.74, 6) is 0.333. The minimum absolute atomic E-state index is 0. The molecule has 0 aliphatic heterocycles. The zero-order valence-corrected chi connectivity index (χ0v) is 10.5. The van der Waals surface area contributed by atoms with E-state index in [0.29, 0.717) is 18.8 Å². The summed E-state index contributed by atoms with van der Waals surface area (Å²) in [4.78, 5) is 0. The van der Waals surface area contributed by atoms with Gasteiger partial charge in [0.2, 0.25) is 0 Å². The van der Waals surface area contributed by atoms with Crippen molar-refractivity contribution in [1.82, 2.24) is 0 Å². The third kappa shape index (κ3) is 4.09. The monoisotopic (exact) mass is 290 g/mol. The summed E-state index contributed by atoms with van der Waals surface area (Å²) in [7, 11) is -2.91. The molecular weight excluding hydrogens is 275 g/mol. The van der Waals surface area contributed by atoms with Crippen LogP contribution in [0.4, 0.5) is 5.69 Å². The number of anilines is 1. The van der Waals surface area contributed by atoms with Gasteiger partial charge < -0.3 is 15.2 Å². The van der Waals surface area contributed by atoms with E-state index in [1.54, 1.807) is 12.1 Å². The number of nitrogens with one attached hydrogen (secondary N) is 1. The Morgan fingerprint density at radius 3 is 2.47 bits per heavy atom. The van der Waals surface area contributed by atoms with Gasteiger partial charge in [-0.15, -0.1) is 0 Å². The zero-order valence-electron chi connectivity index (χ0n) is 9.63. The van der Waals surface area contributed by atoms with Crippen LogP contribution in [0.1, 0.15) is 0 Å². The normalized spacial score (nSPS) is 10.2. The molecule has 2 aromatic rings. The second kappa shape index (κ2) is 7.72. The Morgan fingerprint density at radius 2 is 1.79 bits per heavy atom. The summed E-state index contributed by atoms with van der Waals surface area (Å²) in [6, 6.07) is 10.9. The molecule has 0 unspecified atom stereocenters. The number of thiol groups is 1. The van der Waals surface area contributed by atoms with Crippen LogP contribution in [0.15, 0.2) is 36.4 Å². The van der Waals surface area contributed by atoms with Crippen LogP contribution < -0.4 is 15.2 Å². The third-order valence-electron chi connectivity index (χ3n) is 2.51. The van der Waals surface area contributed by atoms with Gasteiger partial charge in [0.25, 0.3) is 11.0 Å². The van der Waals surface area contributed by atoms with Gasteiger partial charge in [0.15, 0.2) is 0 Å². The van der Waals surface area contributed by atoms with E-state index in [4.69, 9.17) is 9.92 Å². The van der Waals surface area contributed by atoms with Gasteiger partial charge in [-0.2, -0.15) is 8.42 Å². The number of benzene rings is 2. The van der Waals surface area contributed by atoms with Gasteiger partial charge in [0, 0.05) is 29.5 Å². The van der Waals surface area contributed by atoms with Gasteiger partial charge >= 0.3 is 29.6 Å². The van der Waals surface area contributed by atoms with Crippen LogP contribution in [0.25, 0.3) is 10.8 Å². The molecule has 3 N–H and O–H groups in total. The molecule has 0 bridgehead atoms. The molecule has 5 nitrogen and oxygen atoms in total. The Hall–Kier alpha value is -0.790. The maximum atomic E-state index is 10.7. The second-order valence-corrected chi connectivity index (χ2v) is 4.32. The molecule has 0 atom stereocenters. The molecule has 98 valence electrons. The fourth-order valence-electron chi connectivity index (χ4n) is 1.80. The molecule has 0 aromatic heterocycles. The summed E-state index contributed by atoms with van der Waals surface area (Å²) in [6.45, 7) is 1.18. The predicted molar refractivity (Wildman–Crippen MR) is 79.6 cm³/mol. The zero-order chi connectivity index (χ0) is 13.0. The minimum atomic E-state index is -2.91. The molecule has 0 amide bonds. The maximum absolute atomic E-state index is 10.7. The van der Waals surface area contributed by atoms with Crippen molar-refractivity contribution in [2.24, 2.45) is 5.73 Å². The summed E-state index contributed by atoms with van der Waals surface area (Å²) in [5.41, 5.74) is 6.36. The van der Waals surface area contributed by atoms with Crippen molar-refractivity contribution in [1.29, 1.82) is 0 Å².